The molecular weight excluding hydrogens is 260 g/mol. The maximum absolute atomic E-state index is 11.2. The van der Waals surface area contributed by atoms with Crippen LogP contribution in [0.3, 0.4) is 0 Å². The van der Waals surface area contributed by atoms with Crippen molar-refractivity contribution in [3.8, 4) is 5.75 Å². The number of para-hydroxylation sites is 1. The van der Waals surface area contributed by atoms with Crippen LogP contribution in [0.25, 0.3) is 0 Å². The third-order valence-corrected chi connectivity index (χ3v) is 2.83. The average Bonchev–Trinajstić information content (AvgIpc) is 2.35. The van der Waals surface area contributed by atoms with Gasteiger partial charge in [0.05, 0.1) is 7.11 Å². The Hall–Kier alpha value is -1.80. The number of rotatable bonds is 6. The van der Waals surface area contributed by atoms with Gasteiger partial charge in [-0.05, 0) is 12.1 Å². The number of carbonyl (C=O) groups excluding carboxylic acids is 1. The van der Waals surface area contributed by atoms with E-state index in [0.29, 0.717) is 5.75 Å². The second-order valence-electron chi connectivity index (χ2n) is 3.15. The van der Waals surface area contributed by atoms with Crippen LogP contribution in [0.1, 0.15) is 0 Å². The molecule has 0 spiro atoms. The van der Waals surface area contributed by atoms with Crippen molar-refractivity contribution >= 4 is 16.3 Å². The number of methoxy groups -OCH3 is 1. The van der Waals surface area contributed by atoms with Gasteiger partial charge in [-0.2, -0.15) is 13.1 Å². The summed E-state index contributed by atoms with van der Waals surface area (Å²) < 4.78 is 35.7. The van der Waals surface area contributed by atoms with Crippen molar-refractivity contribution in [1.82, 2.24) is 9.44 Å². The molecule has 0 bridgehead atoms. The highest BCUT2D eigenvalue weighted by atomic mass is 32.2. The number of carbonyl (C=O) groups is 1. The molecule has 1 aromatic rings. The predicted molar refractivity (Wildman–Crippen MR) is 64.4 cm³/mol. The van der Waals surface area contributed by atoms with Gasteiger partial charge in [-0.25, -0.2) is 9.52 Å². The minimum absolute atomic E-state index is 0.0290. The zero-order valence-electron chi connectivity index (χ0n) is 9.75. The summed E-state index contributed by atoms with van der Waals surface area (Å²) in [7, 11) is -2.83. The monoisotopic (exact) mass is 274 g/mol. The minimum Gasteiger partial charge on any atom is -0.492 e. The Morgan fingerprint density at radius 2 is 1.94 bits per heavy atom. The summed E-state index contributed by atoms with van der Waals surface area (Å²) in [5, 5.41) is 0. The number of nitrogens with one attached hydrogen (secondary N) is 2. The fourth-order valence-corrected chi connectivity index (χ4v) is 1.78. The molecule has 0 aliphatic rings. The van der Waals surface area contributed by atoms with E-state index in [9.17, 15) is 13.2 Å². The predicted octanol–water partition coefficient (Wildman–Crippen LogP) is 0.256. The summed E-state index contributed by atoms with van der Waals surface area (Å²) in [5.41, 5.74) is 0. The molecule has 100 valence electrons. The van der Waals surface area contributed by atoms with Crippen molar-refractivity contribution in [2.45, 2.75) is 0 Å². The molecule has 7 nitrogen and oxygen atoms in total. The van der Waals surface area contributed by atoms with Crippen LogP contribution in [0.2, 0.25) is 0 Å². The Balaban J connectivity index is 2.27. The molecule has 18 heavy (non-hydrogen) atoms. The van der Waals surface area contributed by atoms with Crippen molar-refractivity contribution in [2.75, 3.05) is 20.3 Å². The van der Waals surface area contributed by atoms with Gasteiger partial charge in [0.2, 0.25) is 0 Å². The fraction of sp³-hybridized carbons (Fsp3) is 0.300. The molecule has 0 atom stereocenters. The Morgan fingerprint density at radius 3 is 2.56 bits per heavy atom. The van der Waals surface area contributed by atoms with Crippen LogP contribution in [0.4, 0.5) is 4.79 Å². The SMILES string of the molecule is COC(=O)NS(=O)(=O)NCCOc1ccccc1. The molecule has 0 saturated heterocycles. The molecule has 0 saturated carbocycles. The topological polar surface area (TPSA) is 93.7 Å². The summed E-state index contributed by atoms with van der Waals surface area (Å²) in [6.07, 6.45) is -1.05. The van der Waals surface area contributed by atoms with Crippen molar-refractivity contribution in [3.05, 3.63) is 30.3 Å². The largest absolute Gasteiger partial charge is 0.492 e. The van der Waals surface area contributed by atoms with Gasteiger partial charge in [0.15, 0.2) is 0 Å². The normalized spacial score (nSPS) is 10.7. The van der Waals surface area contributed by atoms with E-state index in [0.717, 1.165) is 7.11 Å². The van der Waals surface area contributed by atoms with Crippen molar-refractivity contribution in [2.24, 2.45) is 0 Å². The number of hydrogen-bond donors (Lipinski definition) is 2. The van der Waals surface area contributed by atoms with Crippen LogP contribution >= 0.6 is 0 Å². The van der Waals surface area contributed by atoms with Crippen molar-refractivity contribution in [1.29, 1.82) is 0 Å². The van der Waals surface area contributed by atoms with E-state index in [1.165, 1.54) is 0 Å². The minimum atomic E-state index is -3.90. The van der Waals surface area contributed by atoms with Gasteiger partial charge in [-0.3, -0.25) is 0 Å². The van der Waals surface area contributed by atoms with Crippen LogP contribution in [0.5, 0.6) is 5.75 Å². The zero-order chi connectivity index (χ0) is 13.4. The number of hydrogen-bond acceptors (Lipinski definition) is 5. The third-order valence-electron chi connectivity index (χ3n) is 1.81. The van der Waals surface area contributed by atoms with E-state index in [4.69, 9.17) is 4.74 Å². The smallest absolute Gasteiger partial charge is 0.421 e. The molecule has 0 unspecified atom stereocenters. The first-order valence-corrected chi connectivity index (χ1v) is 6.55. The van der Waals surface area contributed by atoms with Crippen LogP contribution < -0.4 is 14.2 Å². The van der Waals surface area contributed by atoms with Crippen LogP contribution in [0, 0.1) is 0 Å². The molecule has 0 radical (unpaired) electrons. The summed E-state index contributed by atoms with van der Waals surface area (Å²) in [6, 6.07) is 8.95. The lowest BCUT2D eigenvalue weighted by molar-refractivity contribution is 0.177. The molecule has 1 aromatic carbocycles. The third kappa shape index (κ3) is 5.51. The van der Waals surface area contributed by atoms with Gasteiger partial charge >= 0.3 is 16.3 Å². The molecule has 0 fully saturated rings. The first-order valence-electron chi connectivity index (χ1n) is 5.07. The van der Waals surface area contributed by atoms with E-state index in [-0.39, 0.29) is 13.2 Å². The van der Waals surface area contributed by atoms with Gasteiger partial charge in [0.25, 0.3) is 0 Å². The summed E-state index contributed by atoms with van der Waals surface area (Å²) in [6.45, 7) is 0.174. The first kappa shape index (κ1) is 14.3. The molecule has 0 aliphatic heterocycles. The summed E-state index contributed by atoms with van der Waals surface area (Å²) in [5.74, 6) is 0.637. The van der Waals surface area contributed by atoms with Gasteiger partial charge < -0.3 is 9.47 Å². The van der Waals surface area contributed by atoms with Gasteiger partial charge in [-0.1, -0.05) is 18.2 Å². The lowest BCUT2D eigenvalue weighted by Crippen LogP contribution is -2.41. The molecule has 0 aliphatic carbocycles. The van der Waals surface area contributed by atoms with Gasteiger partial charge in [0.1, 0.15) is 12.4 Å². The lowest BCUT2D eigenvalue weighted by atomic mass is 10.3. The van der Waals surface area contributed by atoms with E-state index in [1.54, 1.807) is 29.0 Å². The highest BCUT2D eigenvalue weighted by molar-refractivity contribution is 7.88. The second kappa shape index (κ2) is 6.82. The Labute approximate surface area is 105 Å². The van der Waals surface area contributed by atoms with Gasteiger partial charge in [0, 0.05) is 6.54 Å². The number of benzene rings is 1. The lowest BCUT2D eigenvalue weighted by Gasteiger charge is -2.08. The standard InChI is InChI=1S/C10H14N2O5S/c1-16-10(13)12-18(14,15)11-7-8-17-9-5-3-2-4-6-9/h2-6,11H,7-8H2,1H3,(H,12,13). The summed E-state index contributed by atoms with van der Waals surface area (Å²) in [4.78, 5) is 10.7. The Kier molecular flexibility index (Phi) is 5.40. The highest BCUT2D eigenvalue weighted by Gasteiger charge is 2.13. The van der Waals surface area contributed by atoms with Crippen LogP contribution in [-0.4, -0.2) is 34.8 Å². The molecule has 1 rings (SSSR count). The van der Waals surface area contributed by atoms with E-state index >= 15 is 0 Å². The van der Waals surface area contributed by atoms with Crippen molar-refractivity contribution in [3.63, 3.8) is 0 Å². The molecule has 0 heterocycles. The van der Waals surface area contributed by atoms with E-state index in [1.807, 2.05) is 6.07 Å². The van der Waals surface area contributed by atoms with E-state index in [2.05, 4.69) is 9.46 Å². The van der Waals surface area contributed by atoms with Crippen LogP contribution in [0.15, 0.2) is 30.3 Å². The molecule has 2 N–H and O–H groups in total. The quantitative estimate of drug-likeness (QED) is 0.725. The molecule has 8 heteroatoms. The Bertz CT molecular complexity index is 474. The molecule has 1 amide bonds. The maximum Gasteiger partial charge on any atom is 0.421 e. The highest BCUT2D eigenvalue weighted by Crippen LogP contribution is 2.07. The second-order valence-corrected chi connectivity index (χ2v) is 4.65. The Morgan fingerprint density at radius 1 is 1.28 bits per heavy atom. The number of ether oxygens (including phenoxy) is 2. The molecule has 0 aromatic heterocycles. The zero-order valence-corrected chi connectivity index (χ0v) is 10.6. The fourth-order valence-electron chi connectivity index (χ4n) is 1.05. The molecular formula is C10H14N2O5S. The van der Waals surface area contributed by atoms with Crippen LogP contribution in [-0.2, 0) is 14.9 Å². The number of amides is 1. The average molecular weight is 274 g/mol. The maximum atomic E-state index is 11.2. The summed E-state index contributed by atoms with van der Waals surface area (Å²) >= 11 is 0. The first-order chi connectivity index (χ1) is 8.53. The van der Waals surface area contributed by atoms with E-state index < -0.39 is 16.3 Å². The van der Waals surface area contributed by atoms with Gasteiger partial charge in [-0.15, -0.1) is 0 Å². The van der Waals surface area contributed by atoms with Crippen molar-refractivity contribution < 1.29 is 22.7 Å².